The molecule has 2 heterocycles. The van der Waals surface area contributed by atoms with Crippen LogP contribution in [0.2, 0.25) is 0 Å². The molecule has 260 valence electrons. The average molecular weight is 713 g/mol. The van der Waals surface area contributed by atoms with Gasteiger partial charge in [0.1, 0.15) is 22.3 Å². The van der Waals surface area contributed by atoms with E-state index in [1.54, 1.807) is 0 Å². The van der Waals surface area contributed by atoms with Gasteiger partial charge in [0, 0.05) is 32.7 Å². The zero-order valence-electron chi connectivity index (χ0n) is 30.3. The van der Waals surface area contributed by atoms with Crippen molar-refractivity contribution < 1.29 is 8.83 Å². The average Bonchev–Trinajstić information content (AvgIpc) is 3.84. The number of hydrogen-bond acceptors (Lipinski definition) is 2. The first kappa shape index (κ1) is 31.0. The SMILES string of the molecule is c1cc(-c2ccc3c(c2)oc2ccccc23)cc(-c2ccc(-c3c4ccccc4c(-c4cccc5ccccc45)c4ccccc34)c3oc4ccccc4c23)c1. The highest BCUT2D eigenvalue weighted by atomic mass is 16.3. The van der Waals surface area contributed by atoms with E-state index in [1.807, 2.05) is 12.1 Å². The smallest absolute Gasteiger partial charge is 0.143 e. The fourth-order valence-electron chi connectivity index (χ4n) is 9.19. The topological polar surface area (TPSA) is 26.3 Å². The van der Waals surface area contributed by atoms with Crippen molar-refractivity contribution in [3.8, 4) is 44.5 Å². The summed E-state index contributed by atoms with van der Waals surface area (Å²) >= 11 is 0. The second kappa shape index (κ2) is 12.0. The summed E-state index contributed by atoms with van der Waals surface area (Å²) in [6.45, 7) is 0. The van der Waals surface area contributed by atoms with E-state index in [0.717, 1.165) is 71.7 Å². The lowest BCUT2D eigenvalue weighted by molar-refractivity contribution is 0.669. The molecule has 0 spiro atoms. The van der Waals surface area contributed by atoms with Crippen LogP contribution in [0, 0.1) is 0 Å². The van der Waals surface area contributed by atoms with Gasteiger partial charge < -0.3 is 8.83 Å². The monoisotopic (exact) mass is 712 g/mol. The van der Waals surface area contributed by atoms with E-state index < -0.39 is 0 Å². The molecule has 56 heavy (non-hydrogen) atoms. The van der Waals surface area contributed by atoms with Gasteiger partial charge in [-0.05, 0) is 102 Å². The van der Waals surface area contributed by atoms with Gasteiger partial charge in [0.2, 0.25) is 0 Å². The van der Waals surface area contributed by atoms with Crippen molar-refractivity contribution in [1.82, 2.24) is 0 Å². The Morgan fingerprint density at radius 2 is 0.786 bits per heavy atom. The molecular weight excluding hydrogens is 681 g/mol. The van der Waals surface area contributed by atoms with Crippen molar-refractivity contribution in [2.75, 3.05) is 0 Å². The summed E-state index contributed by atoms with van der Waals surface area (Å²) in [5.74, 6) is 0. The first-order valence-corrected chi connectivity index (χ1v) is 19.2. The maximum Gasteiger partial charge on any atom is 0.143 e. The maximum atomic E-state index is 6.95. The van der Waals surface area contributed by atoms with E-state index >= 15 is 0 Å². The van der Waals surface area contributed by atoms with E-state index in [2.05, 4.69) is 182 Å². The van der Waals surface area contributed by atoms with Gasteiger partial charge >= 0.3 is 0 Å². The third-order valence-corrected chi connectivity index (χ3v) is 11.7. The minimum Gasteiger partial charge on any atom is -0.456 e. The summed E-state index contributed by atoms with van der Waals surface area (Å²) in [7, 11) is 0. The largest absolute Gasteiger partial charge is 0.456 e. The molecule has 0 radical (unpaired) electrons. The van der Waals surface area contributed by atoms with E-state index in [1.165, 1.54) is 49.0 Å². The molecule has 0 saturated heterocycles. The second-order valence-electron chi connectivity index (χ2n) is 14.7. The van der Waals surface area contributed by atoms with E-state index in [0.29, 0.717) is 0 Å². The summed E-state index contributed by atoms with van der Waals surface area (Å²) in [5.41, 5.74) is 12.9. The Morgan fingerprint density at radius 1 is 0.268 bits per heavy atom. The molecule has 10 aromatic carbocycles. The number of rotatable bonds is 4. The molecule has 12 rings (SSSR count). The van der Waals surface area contributed by atoms with Crippen LogP contribution in [0.1, 0.15) is 0 Å². The Balaban J connectivity index is 1.10. The Hall–Kier alpha value is -7.42. The molecule has 0 aliphatic carbocycles. The van der Waals surface area contributed by atoms with Crippen molar-refractivity contribution in [2.24, 2.45) is 0 Å². The Bertz CT molecular complexity index is 3480. The molecule has 0 atom stereocenters. The van der Waals surface area contributed by atoms with Crippen molar-refractivity contribution in [3.63, 3.8) is 0 Å². The summed E-state index contributed by atoms with van der Waals surface area (Å²) in [5, 5.41) is 11.8. The first-order chi connectivity index (χ1) is 27.8. The Kier molecular flexibility index (Phi) is 6.66. The molecule has 0 N–H and O–H groups in total. The van der Waals surface area contributed by atoms with Gasteiger partial charge in [-0.25, -0.2) is 0 Å². The van der Waals surface area contributed by atoms with Crippen LogP contribution in [-0.2, 0) is 0 Å². The van der Waals surface area contributed by atoms with Crippen molar-refractivity contribution in [2.45, 2.75) is 0 Å². The van der Waals surface area contributed by atoms with E-state index in [9.17, 15) is 0 Å². The zero-order chi connectivity index (χ0) is 36.7. The Labute approximate surface area is 322 Å². The molecule has 2 nitrogen and oxygen atoms in total. The number of para-hydroxylation sites is 2. The molecule has 12 aromatic rings. The molecule has 0 bridgehead atoms. The van der Waals surface area contributed by atoms with E-state index in [-0.39, 0.29) is 0 Å². The van der Waals surface area contributed by atoms with Gasteiger partial charge in [-0.1, -0.05) is 158 Å². The molecule has 0 amide bonds. The number of hydrogen-bond donors (Lipinski definition) is 0. The van der Waals surface area contributed by atoms with Crippen LogP contribution in [0.3, 0.4) is 0 Å². The summed E-state index contributed by atoms with van der Waals surface area (Å²) in [6.07, 6.45) is 0. The highest BCUT2D eigenvalue weighted by molar-refractivity contribution is 6.27. The van der Waals surface area contributed by atoms with Gasteiger partial charge in [0.05, 0.1) is 0 Å². The van der Waals surface area contributed by atoms with Crippen LogP contribution < -0.4 is 0 Å². The van der Waals surface area contributed by atoms with Crippen molar-refractivity contribution in [1.29, 1.82) is 0 Å². The van der Waals surface area contributed by atoms with Gasteiger partial charge in [0.25, 0.3) is 0 Å². The quantitative estimate of drug-likeness (QED) is 0.170. The third kappa shape index (κ3) is 4.57. The first-order valence-electron chi connectivity index (χ1n) is 19.2. The molecule has 0 unspecified atom stereocenters. The highest BCUT2D eigenvalue weighted by Crippen LogP contribution is 2.49. The lowest BCUT2D eigenvalue weighted by Gasteiger charge is -2.19. The predicted molar refractivity (Wildman–Crippen MR) is 235 cm³/mol. The van der Waals surface area contributed by atoms with Crippen molar-refractivity contribution in [3.05, 3.63) is 194 Å². The lowest BCUT2D eigenvalue weighted by Crippen LogP contribution is -1.92. The minimum absolute atomic E-state index is 0.878. The van der Waals surface area contributed by atoms with Crippen LogP contribution >= 0.6 is 0 Å². The minimum atomic E-state index is 0.878. The molecule has 2 heteroatoms. The van der Waals surface area contributed by atoms with Gasteiger partial charge in [-0.2, -0.15) is 0 Å². The number of benzene rings is 10. The lowest BCUT2D eigenvalue weighted by atomic mass is 9.84. The van der Waals surface area contributed by atoms with Crippen LogP contribution in [-0.4, -0.2) is 0 Å². The molecule has 0 fully saturated rings. The van der Waals surface area contributed by atoms with Crippen LogP contribution in [0.5, 0.6) is 0 Å². The molecule has 0 aliphatic heterocycles. The normalized spacial score (nSPS) is 11.9. The molecule has 2 aromatic heterocycles. The van der Waals surface area contributed by atoms with Gasteiger partial charge in [-0.3, -0.25) is 0 Å². The fraction of sp³-hybridized carbons (Fsp3) is 0. The van der Waals surface area contributed by atoms with Gasteiger partial charge in [0.15, 0.2) is 0 Å². The zero-order valence-corrected chi connectivity index (χ0v) is 30.3. The standard InChI is InChI=1S/C54H32O2/c1-2-17-37-33(13-1)14-12-24-41(37)51-42-19-3-5-21-44(42)52(45-22-6-4-20-43(45)51)47-30-29-38(53-46-23-8-10-26-49(46)56-54(47)53)36-16-11-15-34(31-36)35-27-28-40-39-18-7-9-25-48(39)55-50(40)32-35/h1-32H. The molecule has 0 saturated carbocycles. The predicted octanol–water partition coefficient (Wildman–Crippen LogP) is 15.6. The van der Waals surface area contributed by atoms with Crippen LogP contribution in [0.4, 0.5) is 0 Å². The second-order valence-corrected chi connectivity index (χ2v) is 14.7. The van der Waals surface area contributed by atoms with Gasteiger partial charge in [-0.15, -0.1) is 0 Å². The summed E-state index contributed by atoms with van der Waals surface area (Å²) < 4.78 is 13.2. The van der Waals surface area contributed by atoms with Crippen LogP contribution in [0.25, 0.3) is 121 Å². The Morgan fingerprint density at radius 3 is 1.54 bits per heavy atom. The summed E-state index contributed by atoms with van der Waals surface area (Å²) in [6, 6.07) is 69.7. The maximum absolute atomic E-state index is 6.95. The van der Waals surface area contributed by atoms with Crippen LogP contribution in [0.15, 0.2) is 203 Å². The van der Waals surface area contributed by atoms with Crippen molar-refractivity contribution >= 4 is 76.2 Å². The third-order valence-electron chi connectivity index (χ3n) is 11.7. The number of fused-ring (bicyclic) bond motifs is 9. The number of furan rings is 2. The fourth-order valence-corrected chi connectivity index (χ4v) is 9.19. The molecule has 0 aliphatic rings. The van der Waals surface area contributed by atoms with E-state index in [4.69, 9.17) is 8.83 Å². The molecular formula is C54H32O2. The highest BCUT2D eigenvalue weighted by Gasteiger charge is 2.23. The summed E-state index contributed by atoms with van der Waals surface area (Å²) in [4.78, 5) is 0.